The van der Waals surface area contributed by atoms with E-state index in [2.05, 4.69) is 4.90 Å². The zero-order valence-corrected chi connectivity index (χ0v) is 15.8. The Labute approximate surface area is 159 Å². The molecule has 0 spiro atoms. The van der Waals surface area contributed by atoms with E-state index in [4.69, 9.17) is 4.74 Å². The van der Waals surface area contributed by atoms with Gasteiger partial charge in [-0.1, -0.05) is 18.2 Å². The highest BCUT2D eigenvalue weighted by Gasteiger charge is 2.23. The molecule has 0 radical (unpaired) electrons. The fourth-order valence-corrected chi connectivity index (χ4v) is 2.99. The Balaban J connectivity index is 1.66. The van der Waals surface area contributed by atoms with Crippen molar-refractivity contribution in [3.05, 3.63) is 54.6 Å². The summed E-state index contributed by atoms with van der Waals surface area (Å²) in [5.41, 5.74) is 0.686. The monoisotopic (exact) mass is 367 g/mol. The fraction of sp³-hybridized carbons (Fsp3) is 0.333. The zero-order chi connectivity index (χ0) is 19.2. The van der Waals surface area contributed by atoms with Gasteiger partial charge in [0.15, 0.2) is 0 Å². The number of piperazine rings is 1. The van der Waals surface area contributed by atoms with E-state index >= 15 is 0 Å². The van der Waals surface area contributed by atoms with Crippen LogP contribution in [0.1, 0.15) is 6.92 Å². The van der Waals surface area contributed by atoms with Gasteiger partial charge in [-0.05, 0) is 43.4 Å². The molecule has 142 valence electrons. The van der Waals surface area contributed by atoms with Gasteiger partial charge < -0.3 is 19.4 Å². The lowest BCUT2D eigenvalue weighted by Gasteiger charge is -2.33. The van der Waals surface area contributed by atoms with Gasteiger partial charge in [0.25, 0.3) is 0 Å². The quantitative estimate of drug-likeness (QED) is 0.815. The van der Waals surface area contributed by atoms with E-state index in [1.54, 1.807) is 24.3 Å². The average molecular weight is 367 g/mol. The molecule has 1 fully saturated rings. The number of hydrogen-bond donors (Lipinski definition) is 0. The topological polar surface area (TPSA) is 53.1 Å². The summed E-state index contributed by atoms with van der Waals surface area (Å²) < 4.78 is 5.78. The van der Waals surface area contributed by atoms with Crippen LogP contribution < -0.4 is 9.64 Å². The Morgan fingerprint density at radius 3 is 2.11 bits per heavy atom. The number of amides is 2. The third-order valence-electron chi connectivity index (χ3n) is 4.66. The number of rotatable bonds is 5. The van der Waals surface area contributed by atoms with Gasteiger partial charge in [0.2, 0.25) is 11.8 Å². The molecule has 0 unspecified atom stereocenters. The number of ether oxygens (including phenoxy) is 1. The summed E-state index contributed by atoms with van der Waals surface area (Å²) in [6.07, 6.45) is 0. The second-order valence-electron chi connectivity index (χ2n) is 6.70. The Kier molecular flexibility index (Phi) is 6.08. The molecule has 2 aromatic rings. The molecule has 6 nitrogen and oxygen atoms in total. The summed E-state index contributed by atoms with van der Waals surface area (Å²) in [5, 5.41) is 0. The smallest absolute Gasteiger partial charge is 0.242 e. The number of likely N-dealkylation sites (N-methyl/N-ethyl adjacent to an activating group) is 1. The number of carbonyl (C=O) groups excluding carboxylic acids is 2. The van der Waals surface area contributed by atoms with Gasteiger partial charge in [-0.2, -0.15) is 0 Å². The number of benzene rings is 2. The van der Waals surface area contributed by atoms with E-state index in [0.717, 1.165) is 18.8 Å². The van der Waals surface area contributed by atoms with Crippen molar-refractivity contribution >= 4 is 17.5 Å². The fourth-order valence-electron chi connectivity index (χ4n) is 2.99. The van der Waals surface area contributed by atoms with Crippen LogP contribution in [0.3, 0.4) is 0 Å². The molecule has 0 aromatic heterocycles. The molecule has 0 bridgehead atoms. The van der Waals surface area contributed by atoms with Gasteiger partial charge >= 0.3 is 0 Å². The minimum Gasteiger partial charge on any atom is -0.457 e. The average Bonchev–Trinajstić information content (AvgIpc) is 2.68. The third kappa shape index (κ3) is 5.08. The van der Waals surface area contributed by atoms with E-state index in [-0.39, 0.29) is 18.4 Å². The second kappa shape index (κ2) is 8.68. The molecule has 1 saturated heterocycles. The number of nitrogens with zero attached hydrogens (tertiary/aromatic N) is 3. The van der Waals surface area contributed by atoms with Crippen LogP contribution in [0.4, 0.5) is 5.69 Å². The molecular formula is C21H25N3O3. The maximum Gasteiger partial charge on any atom is 0.242 e. The molecule has 1 heterocycles. The molecule has 0 aliphatic carbocycles. The maximum atomic E-state index is 12.6. The van der Waals surface area contributed by atoms with Crippen molar-refractivity contribution in [2.45, 2.75) is 6.92 Å². The molecule has 3 rings (SSSR count). The molecule has 27 heavy (non-hydrogen) atoms. The van der Waals surface area contributed by atoms with Gasteiger partial charge in [0, 0.05) is 38.8 Å². The van der Waals surface area contributed by atoms with Crippen LogP contribution >= 0.6 is 0 Å². The summed E-state index contributed by atoms with van der Waals surface area (Å²) in [6.45, 7) is 4.65. The van der Waals surface area contributed by atoms with Crippen molar-refractivity contribution in [2.24, 2.45) is 0 Å². The van der Waals surface area contributed by atoms with Crippen LogP contribution in [0.5, 0.6) is 11.5 Å². The van der Waals surface area contributed by atoms with Crippen LogP contribution in [0.2, 0.25) is 0 Å². The zero-order valence-electron chi connectivity index (χ0n) is 15.8. The molecule has 1 aliphatic heterocycles. The van der Waals surface area contributed by atoms with E-state index in [1.807, 2.05) is 42.3 Å². The van der Waals surface area contributed by atoms with E-state index in [9.17, 15) is 9.59 Å². The molecular weight excluding hydrogens is 342 g/mol. The molecule has 2 aromatic carbocycles. The molecule has 0 atom stereocenters. The number of para-hydroxylation sites is 1. The van der Waals surface area contributed by atoms with E-state index in [1.165, 1.54) is 11.8 Å². The number of anilines is 1. The van der Waals surface area contributed by atoms with Gasteiger partial charge in [-0.25, -0.2) is 0 Å². The lowest BCUT2D eigenvalue weighted by atomic mass is 10.2. The predicted molar refractivity (Wildman–Crippen MR) is 105 cm³/mol. The highest BCUT2D eigenvalue weighted by atomic mass is 16.5. The summed E-state index contributed by atoms with van der Waals surface area (Å²) in [6, 6.07) is 16.7. The first-order chi connectivity index (χ1) is 13.0. The first-order valence-electron chi connectivity index (χ1n) is 9.10. The Bertz CT molecular complexity index is 769. The minimum atomic E-state index is -0.158. The van der Waals surface area contributed by atoms with Crippen molar-refractivity contribution < 1.29 is 14.3 Å². The van der Waals surface area contributed by atoms with Crippen LogP contribution in [0.25, 0.3) is 0 Å². The third-order valence-corrected chi connectivity index (χ3v) is 4.66. The molecule has 6 heteroatoms. The summed E-state index contributed by atoms with van der Waals surface area (Å²) in [5.74, 6) is 1.25. The van der Waals surface area contributed by atoms with Crippen molar-refractivity contribution in [3.8, 4) is 11.5 Å². The highest BCUT2D eigenvalue weighted by molar-refractivity contribution is 5.97. The van der Waals surface area contributed by atoms with Crippen molar-refractivity contribution in [3.63, 3.8) is 0 Å². The largest absolute Gasteiger partial charge is 0.457 e. The predicted octanol–water partition coefficient (Wildman–Crippen LogP) is 2.61. The lowest BCUT2D eigenvalue weighted by Crippen LogP contribution is -2.50. The SMILES string of the molecule is CC(=O)N(CC(=O)N1CCN(C)CC1)c1ccc(Oc2ccccc2)cc1. The first kappa shape index (κ1) is 18.9. The highest BCUT2D eigenvalue weighted by Crippen LogP contribution is 2.24. The van der Waals surface area contributed by atoms with Crippen molar-refractivity contribution in [1.82, 2.24) is 9.80 Å². The normalized spacial score (nSPS) is 14.7. The molecule has 0 N–H and O–H groups in total. The van der Waals surface area contributed by atoms with Crippen LogP contribution in [0, 0.1) is 0 Å². The first-order valence-corrected chi connectivity index (χ1v) is 9.10. The van der Waals surface area contributed by atoms with E-state index < -0.39 is 0 Å². The number of hydrogen-bond acceptors (Lipinski definition) is 4. The number of carbonyl (C=O) groups is 2. The standard InChI is InChI=1S/C21H25N3O3/c1-17(25)24(16-21(26)23-14-12-22(2)13-15-23)18-8-10-20(11-9-18)27-19-6-4-3-5-7-19/h3-11H,12-16H2,1-2H3. The van der Waals surface area contributed by atoms with Crippen LogP contribution in [0.15, 0.2) is 54.6 Å². The summed E-state index contributed by atoms with van der Waals surface area (Å²) in [7, 11) is 2.04. The molecule has 2 amide bonds. The van der Waals surface area contributed by atoms with Gasteiger partial charge in [0.05, 0.1) is 0 Å². The Morgan fingerprint density at radius 1 is 0.926 bits per heavy atom. The Hall–Kier alpha value is -2.86. The van der Waals surface area contributed by atoms with Gasteiger partial charge in [-0.15, -0.1) is 0 Å². The minimum absolute atomic E-state index is 0.0251. The maximum absolute atomic E-state index is 12.6. The summed E-state index contributed by atoms with van der Waals surface area (Å²) in [4.78, 5) is 30.2. The van der Waals surface area contributed by atoms with E-state index in [0.29, 0.717) is 24.5 Å². The van der Waals surface area contributed by atoms with Gasteiger partial charge in [0.1, 0.15) is 18.0 Å². The molecule has 0 saturated carbocycles. The molecule has 1 aliphatic rings. The summed E-state index contributed by atoms with van der Waals surface area (Å²) >= 11 is 0. The second-order valence-corrected chi connectivity index (χ2v) is 6.70. The van der Waals surface area contributed by atoms with Crippen molar-refractivity contribution in [1.29, 1.82) is 0 Å². The lowest BCUT2D eigenvalue weighted by molar-refractivity contribution is -0.132. The van der Waals surface area contributed by atoms with Crippen LogP contribution in [-0.2, 0) is 9.59 Å². The van der Waals surface area contributed by atoms with Crippen LogP contribution in [-0.4, -0.2) is 61.4 Å². The van der Waals surface area contributed by atoms with Crippen molar-refractivity contribution in [2.75, 3.05) is 44.7 Å². The van der Waals surface area contributed by atoms with Gasteiger partial charge in [-0.3, -0.25) is 9.59 Å². The Morgan fingerprint density at radius 2 is 1.52 bits per heavy atom.